The zero-order chi connectivity index (χ0) is 8.34. The zero-order valence-corrected chi connectivity index (χ0v) is 6.95. The van der Waals surface area contributed by atoms with Crippen LogP contribution in [0.1, 0.15) is 6.92 Å². The van der Waals surface area contributed by atoms with Gasteiger partial charge in [-0.3, -0.25) is 4.79 Å². The van der Waals surface area contributed by atoms with Gasteiger partial charge in [0.1, 0.15) is 11.6 Å². The van der Waals surface area contributed by atoms with Crippen LogP contribution < -0.4 is 0 Å². The molecule has 0 aromatic heterocycles. The minimum Gasteiger partial charge on any atom is -0.377 e. The molecule has 66 valence electrons. The predicted molar refractivity (Wildman–Crippen MR) is 39.6 cm³/mol. The van der Waals surface area contributed by atoms with Gasteiger partial charge in [0.2, 0.25) is 5.91 Å². The lowest BCUT2D eigenvalue weighted by Crippen LogP contribution is -2.91. The molecule has 0 aromatic rings. The molecule has 1 spiro atoms. The Morgan fingerprint density at radius 3 is 2.75 bits per heavy atom. The number of ether oxygens (including phenoxy) is 2. The van der Waals surface area contributed by atoms with Gasteiger partial charge in [0.05, 0.1) is 25.9 Å². The fraction of sp³-hybridized carbons (Fsp3) is 0.875. The third kappa shape index (κ3) is 0.499. The van der Waals surface area contributed by atoms with E-state index in [0.717, 1.165) is 0 Å². The van der Waals surface area contributed by atoms with Gasteiger partial charge in [0, 0.05) is 6.92 Å². The van der Waals surface area contributed by atoms with Crippen molar-refractivity contribution in [2.24, 2.45) is 0 Å². The van der Waals surface area contributed by atoms with E-state index in [1.807, 2.05) is 4.90 Å². The summed E-state index contributed by atoms with van der Waals surface area (Å²) in [5.41, 5.74) is -0.0608. The van der Waals surface area contributed by atoms with E-state index < -0.39 is 0 Å². The monoisotopic (exact) mass is 169 g/mol. The van der Waals surface area contributed by atoms with Gasteiger partial charge in [-0.05, 0) is 0 Å². The topological polar surface area (TPSA) is 38.8 Å². The largest absolute Gasteiger partial charge is 0.377 e. The van der Waals surface area contributed by atoms with Crippen molar-refractivity contribution < 1.29 is 14.3 Å². The number of fused-ring (bicyclic) bond motifs is 2. The lowest BCUT2D eigenvalue weighted by atomic mass is 9.70. The highest BCUT2D eigenvalue weighted by Gasteiger charge is 2.71. The molecule has 3 heterocycles. The fourth-order valence-electron chi connectivity index (χ4n) is 2.69. The van der Waals surface area contributed by atoms with Gasteiger partial charge in [-0.2, -0.15) is 0 Å². The molecule has 3 fully saturated rings. The highest BCUT2D eigenvalue weighted by Crippen LogP contribution is 2.49. The first kappa shape index (κ1) is 6.86. The summed E-state index contributed by atoms with van der Waals surface area (Å²) in [7, 11) is 0. The molecule has 0 aliphatic carbocycles. The summed E-state index contributed by atoms with van der Waals surface area (Å²) in [6.07, 6.45) is 0.273. The number of carbonyl (C=O) groups excluding carboxylic acids is 1. The second-order valence-electron chi connectivity index (χ2n) is 3.81. The van der Waals surface area contributed by atoms with E-state index in [-0.39, 0.29) is 23.6 Å². The van der Waals surface area contributed by atoms with Crippen LogP contribution in [0.25, 0.3) is 0 Å². The average Bonchev–Trinajstić information content (AvgIpc) is 2.01. The third-order valence-electron chi connectivity index (χ3n) is 3.18. The first-order chi connectivity index (χ1) is 5.76. The van der Waals surface area contributed by atoms with Gasteiger partial charge in [0.15, 0.2) is 0 Å². The zero-order valence-electron chi connectivity index (χ0n) is 6.95. The van der Waals surface area contributed by atoms with E-state index >= 15 is 0 Å². The Hall–Kier alpha value is -0.610. The summed E-state index contributed by atoms with van der Waals surface area (Å²) in [5, 5.41) is 0. The molecular formula is C8H11NO3. The lowest BCUT2D eigenvalue weighted by Gasteiger charge is -2.71. The molecule has 2 unspecified atom stereocenters. The van der Waals surface area contributed by atoms with Crippen LogP contribution in [0.4, 0.5) is 0 Å². The van der Waals surface area contributed by atoms with E-state index in [2.05, 4.69) is 0 Å². The van der Waals surface area contributed by atoms with Crippen molar-refractivity contribution in [3.05, 3.63) is 0 Å². The van der Waals surface area contributed by atoms with Gasteiger partial charge in [-0.1, -0.05) is 0 Å². The second-order valence-corrected chi connectivity index (χ2v) is 3.81. The maximum atomic E-state index is 11.2. The molecule has 3 saturated heterocycles. The average molecular weight is 169 g/mol. The normalized spacial score (nSPS) is 48.9. The minimum atomic E-state index is -0.0608. The van der Waals surface area contributed by atoms with Gasteiger partial charge >= 0.3 is 0 Å². The number of nitrogens with zero attached hydrogens (tertiary/aromatic N) is 1. The van der Waals surface area contributed by atoms with Crippen LogP contribution in [0.5, 0.6) is 0 Å². The van der Waals surface area contributed by atoms with E-state index in [0.29, 0.717) is 19.8 Å². The van der Waals surface area contributed by atoms with Gasteiger partial charge in [-0.25, -0.2) is 0 Å². The van der Waals surface area contributed by atoms with E-state index in [9.17, 15) is 4.79 Å². The van der Waals surface area contributed by atoms with Crippen molar-refractivity contribution in [1.82, 2.24) is 4.90 Å². The van der Waals surface area contributed by atoms with Crippen LogP contribution in [0, 0.1) is 0 Å². The molecule has 3 rings (SSSR count). The molecule has 4 heteroatoms. The summed E-state index contributed by atoms with van der Waals surface area (Å²) in [6.45, 7) is 3.59. The first-order valence-electron chi connectivity index (χ1n) is 4.25. The number of carbonyl (C=O) groups is 1. The Balaban J connectivity index is 1.93. The first-order valence-corrected chi connectivity index (χ1v) is 4.25. The fourth-order valence-corrected chi connectivity index (χ4v) is 2.69. The highest BCUT2D eigenvalue weighted by molar-refractivity contribution is 5.77. The van der Waals surface area contributed by atoms with Crippen molar-refractivity contribution in [3.8, 4) is 0 Å². The summed E-state index contributed by atoms with van der Waals surface area (Å²) in [5.74, 6) is 0.155. The van der Waals surface area contributed by atoms with Crippen LogP contribution in [0.3, 0.4) is 0 Å². The maximum absolute atomic E-state index is 11.2. The SMILES string of the molecule is CC(=O)N1[C@H]2COCC13COC23. The van der Waals surface area contributed by atoms with Gasteiger partial charge in [-0.15, -0.1) is 0 Å². The molecule has 3 aliphatic rings. The Bertz CT molecular complexity index is 255. The summed E-state index contributed by atoms with van der Waals surface area (Å²) >= 11 is 0. The van der Waals surface area contributed by atoms with Crippen molar-refractivity contribution in [3.63, 3.8) is 0 Å². The van der Waals surface area contributed by atoms with Crippen LogP contribution in [0.2, 0.25) is 0 Å². The molecular weight excluding hydrogens is 158 g/mol. The third-order valence-corrected chi connectivity index (χ3v) is 3.18. The smallest absolute Gasteiger partial charge is 0.220 e. The number of morpholine rings is 2. The van der Waals surface area contributed by atoms with Gasteiger partial charge < -0.3 is 14.4 Å². The van der Waals surface area contributed by atoms with Crippen molar-refractivity contribution >= 4 is 5.91 Å². The van der Waals surface area contributed by atoms with Crippen molar-refractivity contribution in [2.45, 2.75) is 24.6 Å². The van der Waals surface area contributed by atoms with Crippen molar-refractivity contribution in [1.29, 1.82) is 0 Å². The standard InChI is InChI=1S/C8H11NO3/c1-5(10)9-6-2-11-3-8(9)4-12-7(6)8/h6-7H,2-4H2,1H3/t6-,7?,8?/m0/s1. The number of rotatable bonds is 0. The molecule has 1 amide bonds. The Morgan fingerprint density at radius 1 is 1.58 bits per heavy atom. The molecule has 0 aromatic carbocycles. The van der Waals surface area contributed by atoms with E-state index in [4.69, 9.17) is 9.47 Å². The van der Waals surface area contributed by atoms with Crippen LogP contribution in [-0.2, 0) is 14.3 Å². The number of hydrogen-bond acceptors (Lipinski definition) is 3. The number of hydrogen-bond donors (Lipinski definition) is 0. The maximum Gasteiger partial charge on any atom is 0.220 e. The van der Waals surface area contributed by atoms with E-state index in [1.54, 1.807) is 6.92 Å². The van der Waals surface area contributed by atoms with Crippen LogP contribution in [-0.4, -0.2) is 48.3 Å². The molecule has 3 atom stereocenters. The van der Waals surface area contributed by atoms with Crippen LogP contribution >= 0.6 is 0 Å². The minimum absolute atomic E-state index is 0.0608. The molecule has 4 nitrogen and oxygen atoms in total. The molecule has 0 N–H and O–H groups in total. The molecule has 2 bridgehead atoms. The van der Waals surface area contributed by atoms with Crippen LogP contribution in [0.15, 0.2) is 0 Å². The summed E-state index contributed by atoms with van der Waals surface area (Å²) in [6, 6.07) is 0.199. The summed E-state index contributed by atoms with van der Waals surface area (Å²) in [4.78, 5) is 13.2. The summed E-state index contributed by atoms with van der Waals surface area (Å²) < 4.78 is 10.8. The Labute approximate surface area is 70.4 Å². The molecule has 0 saturated carbocycles. The molecule has 3 aliphatic heterocycles. The molecule has 12 heavy (non-hydrogen) atoms. The molecule has 0 radical (unpaired) electrons. The predicted octanol–water partition coefficient (Wildman–Crippen LogP) is -0.615. The van der Waals surface area contributed by atoms with E-state index in [1.165, 1.54) is 0 Å². The Morgan fingerprint density at radius 2 is 2.42 bits per heavy atom. The lowest BCUT2D eigenvalue weighted by molar-refractivity contribution is -0.351. The van der Waals surface area contributed by atoms with Gasteiger partial charge in [0.25, 0.3) is 0 Å². The quantitative estimate of drug-likeness (QED) is 0.485. The highest BCUT2D eigenvalue weighted by atomic mass is 16.6. The Kier molecular flexibility index (Phi) is 1.04. The second kappa shape index (κ2) is 1.83. The van der Waals surface area contributed by atoms with Crippen molar-refractivity contribution in [2.75, 3.05) is 19.8 Å². The number of amides is 1.